The summed E-state index contributed by atoms with van der Waals surface area (Å²) in [6.07, 6.45) is 1.69. The standard InChI is InChI=1S/C14H18ClNO2S/c15-13-4-2-1-3-11(13)12-9-16-7-5-14(12)6-8-19(17,18)10-14/h1-4,12,16H,5-10H2. The van der Waals surface area contributed by atoms with Crippen LogP contribution in [0.3, 0.4) is 0 Å². The Bertz CT molecular complexity index is 587. The van der Waals surface area contributed by atoms with Crippen molar-refractivity contribution in [3.8, 4) is 0 Å². The molecule has 1 N–H and O–H groups in total. The van der Waals surface area contributed by atoms with E-state index >= 15 is 0 Å². The zero-order valence-electron chi connectivity index (χ0n) is 10.7. The second kappa shape index (κ2) is 4.76. The van der Waals surface area contributed by atoms with Crippen LogP contribution < -0.4 is 5.32 Å². The zero-order chi connectivity index (χ0) is 13.5. The van der Waals surface area contributed by atoms with Crippen molar-refractivity contribution < 1.29 is 8.42 Å². The summed E-state index contributed by atoms with van der Waals surface area (Å²) in [5.74, 6) is 0.846. The average molecular weight is 300 g/mol. The Labute approximate surface area is 119 Å². The SMILES string of the molecule is O=S1(=O)CCC2(CCNCC2c2ccccc2Cl)C1. The van der Waals surface area contributed by atoms with E-state index in [1.54, 1.807) is 0 Å². The molecule has 2 unspecified atom stereocenters. The topological polar surface area (TPSA) is 46.2 Å². The smallest absolute Gasteiger partial charge is 0.150 e. The normalized spacial score (nSPS) is 33.6. The van der Waals surface area contributed by atoms with Crippen molar-refractivity contribution in [2.75, 3.05) is 24.6 Å². The van der Waals surface area contributed by atoms with Gasteiger partial charge in [0.15, 0.2) is 9.84 Å². The first-order valence-corrected chi connectivity index (χ1v) is 8.88. The minimum Gasteiger partial charge on any atom is -0.316 e. The third-order valence-electron chi connectivity index (χ3n) is 4.59. The molecule has 3 rings (SSSR count). The van der Waals surface area contributed by atoms with Crippen LogP contribution in [0.1, 0.15) is 24.3 Å². The Kier molecular flexibility index (Phi) is 3.36. The Balaban J connectivity index is 2.01. The van der Waals surface area contributed by atoms with Crippen LogP contribution in [0.25, 0.3) is 0 Å². The van der Waals surface area contributed by atoms with Crippen LogP contribution in [-0.2, 0) is 9.84 Å². The molecular formula is C14H18ClNO2S. The van der Waals surface area contributed by atoms with Crippen LogP contribution in [0.4, 0.5) is 0 Å². The van der Waals surface area contributed by atoms with Gasteiger partial charge in [-0.25, -0.2) is 8.42 Å². The molecule has 0 aromatic heterocycles. The van der Waals surface area contributed by atoms with E-state index in [0.29, 0.717) is 11.5 Å². The third-order valence-corrected chi connectivity index (χ3v) is 6.77. The molecule has 19 heavy (non-hydrogen) atoms. The summed E-state index contributed by atoms with van der Waals surface area (Å²) < 4.78 is 23.8. The van der Waals surface area contributed by atoms with Gasteiger partial charge < -0.3 is 5.32 Å². The molecule has 2 heterocycles. The van der Waals surface area contributed by atoms with Crippen molar-refractivity contribution in [1.29, 1.82) is 0 Å². The third kappa shape index (κ3) is 2.41. The van der Waals surface area contributed by atoms with Gasteiger partial charge >= 0.3 is 0 Å². The van der Waals surface area contributed by atoms with Crippen molar-refractivity contribution in [3.63, 3.8) is 0 Å². The van der Waals surface area contributed by atoms with E-state index in [9.17, 15) is 8.42 Å². The summed E-state index contributed by atoms with van der Waals surface area (Å²) in [6.45, 7) is 1.72. The van der Waals surface area contributed by atoms with Gasteiger partial charge in [0.25, 0.3) is 0 Å². The van der Waals surface area contributed by atoms with Crippen LogP contribution in [0.15, 0.2) is 24.3 Å². The van der Waals surface area contributed by atoms with E-state index in [2.05, 4.69) is 5.32 Å². The summed E-state index contributed by atoms with van der Waals surface area (Å²) in [5, 5.41) is 4.14. The lowest BCUT2D eigenvalue weighted by molar-refractivity contribution is 0.196. The largest absolute Gasteiger partial charge is 0.316 e. The van der Waals surface area contributed by atoms with Crippen molar-refractivity contribution >= 4 is 21.4 Å². The molecule has 1 spiro atoms. The van der Waals surface area contributed by atoms with Gasteiger partial charge in [0, 0.05) is 17.5 Å². The first kappa shape index (κ1) is 13.4. The van der Waals surface area contributed by atoms with E-state index in [-0.39, 0.29) is 11.3 Å². The van der Waals surface area contributed by atoms with Crippen LogP contribution >= 0.6 is 11.6 Å². The van der Waals surface area contributed by atoms with Gasteiger partial charge in [0.05, 0.1) is 11.5 Å². The predicted molar refractivity (Wildman–Crippen MR) is 77.4 cm³/mol. The molecule has 1 aromatic rings. The second-order valence-electron chi connectivity index (χ2n) is 5.73. The van der Waals surface area contributed by atoms with E-state index in [4.69, 9.17) is 11.6 Å². The summed E-state index contributed by atoms with van der Waals surface area (Å²) in [7, 11) is -2.88. The summed E-state index contributed by atoms with van der Waals surface area (Å²) >= 11 is 6.31. The molecule has 2 aliphatic heterocycles. The van der Waals surface area contributed by atoms with Gasteiger partial charge in [-0.3, -0.25) is 0 Å². The fourth-order valence-corrected chi connectivity index (χ4v) is 6.08. The molecule has 2 saturated heterocycles. The lowest BCUT2D eigenvalue weighted by Gasteiger charge is -2.41. The summed E-state index contributed by atoms with van der Waals surface area (Å²) in [4.78, 5) is 0. The highest BCUT2D eigenvalue weighted by atomic mass is 35.5. The number of rotatable bonds is 1. The van der Waals surface area contributed by atoms with Crippen molar-refractivity contribution in [2.24, 2.45) is 5.41 Å². The summed E-state index contributed by atoms with van der Waals surface area (Å²) in [5.41, 5.74) is 0.975. The highest BCUT2D eigenvalue weighted by Gasteiger charge is 2.49. The number of benzene rings is 1. The van der Waals surface area contributed by atoms with Crippen LogP contribution in [-0.4, -0.2) is 33.0 Å². The maximum atomic E-state index is 11.9. The van der Waals surface area contributed by atoms with Gasteiger partial charge in [0.2, 0.25) is 0 Å². The molecule has 2 aliphatic rings. The number of sulfone groups is 1. The molecule has 2 fully saturated rings. The predicted octanol–water partition coefficient (Wildman–Crippen LogP) is 2.22. The van der Waals surface area contributed by atoms with E-state index in [1.807, 2.05) is 24.3 Å². The quantitative estimate of drug-likeness (QED) is 0.865. The Morgan fingerprint density at radius 1 is 1.26 bits per heavy atom. The number of halogens is 1. The molecule has 2 atom stereocenters. The van der Waals surface area contributed by atoms with E-state index in [0.717, 1.165) is 36.5 Å². The highest BCUT2D eigenvalue weighted by Crippen LogP contribution is 2.49. The van der Waals surface area contributed by atoms with Gasteiger partial charge in [0.1, 0.15) is 0 Å². The van der Waals surface area contributed by atoms with Crippen LogP contribution in [0.5, 0.6) is 0 Å². The Morgan fingerprint density at radius 3 is 2.74 bits per heavy atom. The average Bonchev–Trinajstić information content (AvgIpc) is 2.67. The van der Waals surface area contributed by atoms with Crippen LogP contribution in [0.2, 0.25) is 5.02 Å². The minimum atomic E-state index is -2.88. The lowest BCUT2D eigenvalue weighted by Crippen LogP contribution is -2.44. The molecule has 0 amide bonds. The summed E-state index contributed by atoms with van der Waals surface area (Å²) in [6, 6.07) is 7.82. The fourth-order valence-electron chi connectivity index (χ4n) is 3.59. The molecule has 104 valence electrons. The number of piperidine rings is 1. The zero-order valence-corrected chi connectivity index (χ0v) is 12.3. The molecule has 5 heteroatoms. The fraction of sp³-hybridized carbons (Fsp3) is 0.571. The lowest BCUT2D eigenvalue weighted by atomic mass is 9.67. The molecule has 3 nitrogen and oxygen atoms in total. The van der Waals surface area contributed by atoms with Gasteiger partial charge in [-0.05, 0) is 36.4 Å². The molecule has 0 radical (unpaired) electrons. The van der Waals surface area contributed by atoms with Gasteiger partial charge in [-0.1, -0.05) is 29.8 Å². The van der Waals surface area contributed by atoms with E-state index < -0.39 is 9.84 Å². The molecular weight excluding hydrogens is 282 g/mol. The van der Waals surface area contributed by atoms with Crippen LogP contribution in [0, 0.1) is 5.41 Å². The maximum Gasteiger partial charge on any atom is 0.150 e. The monoisotopic (exact) mass is 299 g/mol. The first-order valence-electron chi connectivity index (χ1n) is 6.68. The Hall–Kier alpha value is -0.580. The number of hydrogen-bond acceptors (Lipinski definition) is 3. The number of hydrogen-bond donors (Lipinski definition) is 1. The van der Waals surface area contributed by atoms with Crippen molar-refractivity contribution in [2.45, 2.75) is 18.8 Å². The molecule has 0 saturated carbocycles. The number of nitrogens with one attached hydrogen (secondary N) is 1. The highest BCUT2D eigenvalue weighted by molar-refractivity contribution is 7.91. The Morgan fingerprint density at radius 2 is 2.05 bits per heavy atom. The molecule has 0 aliphatic carbocycles. The maximum absolute atomic E-state index is 11.9. The minimum absolute atomic E-state index is 0.116. The van der Waals surface area contributed by atoms with Gasteiger partial charge in [-0.15, -0.1) is 0 Å². The van der Waals surface area contributed by atoms with Gasteiger partial charge in [-0.2, -0.15) is 0 Å². The second-order valence-corrected chi connectivity index (χ2v) is 8.32. The molecule has 1 aromatic carbocycles. The van der Waals surface area contributed by atoms with Crippen molar-refractivity contribution in [3.05, 3.63) is 34.9 Å². The molecule has 0 bridgehead atoms. The van der Waals surface area contributed by atoms with Crippen molar-refractivity contribution in [1.82, 2.24) is 5.32 Å². The van der Waals surface area contributed by atoms with E-state index in [1.165, 1.54) is 0 Å². The first-order chi connectivity index (χ1) is 9.03.